The maximum atomic E-state index is 12.2. The highest BCUT2D eigenvalue weighted by molar-refractivity contribution is 7.99. The van der Waals surface area contributed by atoms with Crippen molar-refractivity contribution in [2.75, 3.05) is 18.7 Å². The van der Waals surface area contributed by atoms with Crippen molar-refractivity contribution in [3.8, 4) is 17.2 Å². The van der Waals surface area contributed by atoms with Crippen LogP contribution >= 0.6 is 11.8 Å². The molecule has 13 heteroatoms. The van der Waals surface area contributed by atoms with Gasteiger partial charge >= 0.3 is 6.61 Å². The number of aromatic nitrogens is 3. The first-order valence-corrected chi connectivity index (χ1v) is 10.3. The third-order valence-electron chi connectivity index (χ3n) is 4.07. The molecule has 0 spiro atoms. The third-order valence-corrected chi connectivity index (χ3v) is 5.01. The zero-order valence-electron chi connectivity index (χ0n) is 17.2. The summed E-state index contributed by atoms with van der Waals surface area (Å²) in [5.74, 6) is 5.91. The molecule has 0 unspecified atom stereocenters. The Kier molecular flexibility index (Phi) is 8.02. The SMILES string of the molecule is COc1cccc(OCc2nnc(SCC(=O)NC(=O)c3ccc(OC(F)F)cc3)n2N)c1. The summed E-state index contributed by atoms with van der Waals surface area (Å²) in [5, 5.41) is 10.3. The van der Waals surface area contributed by atoms with Gasteiger partial charge in [-0.15, -0.1) is 10.2 Å². The highest BCUT2D eigenvalue weighted by atomic mass is 32.2. The molecule has 2 aromatic carbocycles. The summed E-state index contributed by atoms with van der Waals surface area (Å²) >= 11 is 0.971. The van der Waals surface area contributed by atoms with E-state index in [2.05, 4.69) is 20.3 Å². The van der Waals surface area contributed by atoms with Crippen LogP contribution in [0.4, 0.5) is 8.78 Å². The van der Waals surface area contributed by atoms with Crippen molar-refractivity contribution < 1.29 is 32.6 Å². The van der Waals surface area contributed by atoms with Crippen molar-refractivity contribution in [1.82, 2.24) is 20.2 Å². The second-order valence-corrected chi connectivity index (χ2v) is 7.25. The van der Waals surface area contributed by atoms with Crippen LogP contribution in [0.15, 0.2) is 53.7 Å². The minimum atomic E-state index is -2.97. The van der Waals surface area contributed by atoms with Crippen LogP contribution in [0, 0.1) is 0 Å². The van der Waals surface area contributed by atoms with E-state index >= 15 is 0 Å². The molecule has 0 fully saturated rings. The molecule has 174 valence electrons. The van der Waals surface area contributed by atoms with Crippen LogP contribution in [0.2, 0.25) is 0 Å². The van der Waals surface area contributed by atoms with Crippen molar-refractivity contribution in [3.63, 3.8) is 0 Å². The number of alkyl halides is 2. The molecule has 0 bridgehead atoms. The van der Waals surface area contributed by atoms with Crippen LogP contribution in [0.25, 0.3) is 0 Å². The minimum absolute atomic E-state index is 0.0349. The Hall–Kier alpha value is -3.87. The Morgan fingerprint density at radius 3 is 2.55 bits per heavy atom. The Balaban J connectivity index is 1.49. The number of thioether (sulfide) groups is 1. The van der Waals surface area contributed by atoms with Gasteiger partial charge in [0.1, 0.15) is 23.9 Å². The van der Waals surface area contributed by atoms with Gasteiger partial charge in [0, 0.05) is 11.6 Å². The van der Waals surface area contributed by atoms with Gasteiger partial charge in [-0.05, 0) is 36.4 Å². The Morgan fingerprint density at radius 2 is 1.85 bits per heavy atom. The third kappa shape index (κ3) is 6.80. The molecule has 3 N–H and O–H groups in total. The zero-order valence-corrected chi connectivity index (χ0v) is 18.1. The number of rotatable bonds is 10. The van der Waals surface area contributed by atoms with E-state index in [1.807, 2.05) is 0 Å². The van der Waals surface area contributed by atoms with Crippen LogP contribution in [-0.4, -0.2) is 46.2 Å². The standard InChI is InChI=1S/C20H19F2N5O5S/c1-30-14-3-2-4-15(9-14)31-10-16-25-26-20(27(16)23)33-11-17(28)24-18(29)12-5-7-13(8-6-12)32-19(21)22/h2-9,19H,10-11,23H2,1H3,(H,24,28,29). The average Bonchev–Trinajstić information content (AvgIpc) is 3.15. The molecule has 10 nitrogen and oxygen atoms in total. The Bertz CT molecular complexity index is 1110. The Labute approximate surface area is 191 Å². The highest BCUT2D eigenvalue weighted by Gasteiger charge is 2.15. The first-order chi connectivity index (χ1) is 15.9. The number of hydrogen-bond acceptors (Lipinski definition) is 9. The van der Waals surface area contributed by atoms with E-state index in [-0.39, 0.29) is 28.8 Å². The molecule has 0 saturated carbocycles. The molecule has 1 heterocycles. The summed E-state index contributed by atoms with van der Waals surface area (Å²) in [7, 11) is 1.55. The van der Waals surface area contributed by atoms with Crippen molar-refractivity contribution >= 4 is 23.6 Å². The lowest BCUT2D eigenvalue weighted by Gasteiger charge is -2.08. The quantitative estimate of drug-likeness (QED) is 0.332. The van der Waals surface area contributed by atoms with Crippen molar-refractivity contribution in [2.45, 2.75) is 18.4 Å². The molecule has 0 aliphatic carbocycles. The predicted octanol–water partition coefficient (Wildman–Crippen LogP) is 2.23. The number of nitrogens with zero attached hydrogens (tertiary/aromatic N) is 3. The molecule has 0 aliphatic rings. The van der Waals surface area contributed by atoms with Crippen LogP contribution in [0.1, 0.15) is 16.2 Å². The maximum absolute atomic E-state index is 12.2. The number of methoxy groups -OCH3 is 1. The molecule has 1 aromatic heterocycles. The predicted molar refractivity (Wildman–Crippen MR) is 114 cm³/mol. The summed E-state index contributed by atoms with van der Waals surface area (Å²) < 4.78 is 40.5. The van der Waals surface area contributed by atoms with Crippen LogP contribution < -0.4 is 25.4 Å². The first kappa shape index (κ1) is 23.8. The second-order valence-electron chi connectivity index (χ2n) is 6.31. The summed E-state index contributed by atoms with van der Waals surface area (Å²) in [6.07, 6.45) is 0. The van der Waals surface area contributed by atoms with Gasteiger partial charge in [0.25, 0.3) is 5.91 Å². The summed E-state index contributed by atoms with van der Waals surface area (Å²) in [6.45, 7) is -2.94. The van der Waals surface area contributed by atoms with E-state index in [1.165, 1.54) is 28.9 Å². The van der Waals surface area contributed by atoms with E-state index in [9.17, 15) is 18.4 Å². The number of benzene rings is 2. The van der Waals surface area contributed by atoms with Gasteiger partial charge in [-0.3, -0.25) is 14.9 Å². The van der Waals surface area contributed by atoms with E-state index in [0.717, 1.165) is 11.8 Å². The molecular weight excluding hydrogens is 460 g/mol. The van der Waals surface area contributed by atoms with Gasteiger partial charge in [0.05, 0.1) is 12.9 Å². The fourth-order valence-corrected chi connectivity index (χ4v) is 3.17. The molecular formula is C20H19F2N5O5S. The van der Waals surface area contributed by atoms with Gasteiger partial charge in [-0.1, -0.05) is 17.8 Å². The van der Waals surface area contributed by atoms with Crippen molar-refractivity contribution in [3.05, 3.63) is 59.9 Å². The lowest BCUT2D eigenvalue weighted by atomic mass is 10.2. The molecule has 3 rings (SSSR count). The van der Waals surface area contributed by atoms with Crippen LogP contribution in [-0.2, 0) is 11.4 Å². The summed E-state index contributed by atoms with van der Waals surface area (Å²) in [6, 6.07) is 11.9. The number of carbonyl (C=O) groups excluding carboxylic acids is 2. The fourth-order valence-electron chi connectivity index (χ4n) is 2.50. The van der Waals surface area contributed by atoms with E-state index in [4.69, 9.17) is 15.3 Å². The van der Waals surface area contributed by atoms with Crippen LogP contribution in [0.3, 0.4) is 0 Å². The topological polar surface area (TPSA) is 131 Å². The lowest BCUT2D eigenvalue weighted by Crippen LogP contribution is -2.32. The molecule has 3 aromatic rings. The zero-order chi connectivity index (χ0) is 23.8. The number of carbonyl (C=O) groups is 2. The summed E-state index contributed by atoms with van der Waals surface area (Å²) in [4.78, 5) is 24.2. The van der Waals surface area contributed by atoms with Gasteiger partial charge in [-0.2, -0.15) is 8.78 Å². The van der Waals surface area contributed by atoms with Gasteiger partial charge in [-0.25, -0.2) is 4.68 Å². The number of nitrogens with two attached hydrogens (primary N) is 1. The Morgan fingerprint density at radius 1 is 1.12 bits per heavy atom. The average molecular weight is 479 g/mol. The molecule has 2 amide bonds. The van der Waals surface area contributed by atoms with Gasteiger partial charge in [0.15, 0.2) is 5.82 Å². The largest absolute Gasteiger partial charge is 0.497 e. The number of nitrogen functional groups attached to an aromatic ring is 1. The molecule has 0 aliphatic heterocycles. The van der Waals surface area contributed by atoms with Gasteiger partial charge < -0.3 is 20.1 Å². The fraction of sp³-hybridized carbons (Fsp3) is 0.200. The molecule has 33 heavy (non-hydrogen) atoms. The molecule has 0 saturated heterocycles. The number of nitrogens with one attached hydrogen (secondary N) is 1. The normalized spacial score (nSPS) is 10.7. The van der Waals surface area contributed by atoms with E-state index < -0.39 is 18.4 Å². The number of imide groups is 1. The van der Waals surface area contributed by atoms with Gasteiger partial charge in [0.2, 0.25) is 11.1 Å². The van der Waals surface area contributed by atoms with Crippen molar-refractivity contribution in [2.24, 2.45) is 0 Å². The second kappa shape index (κ2) is 11.1. The lowest BCUT2D eigenvalue weighted by molar-refractivity contribution is -0.117. The number of ether oxygens (including phenoxy) is 3. The number of amides is 2. The van der Waals surface area contributed by atoms with E-state index in [1.54, 1.807) is 31.4 Å². The smallest absolute Gasteiger partial charge is 0.387 e. The highest BCUT2D eigenvalue weighted by Crippen LogP contribution is 2.21. The molecule has 0 atom stereocenters. The first-order valence-electron chi connectivity index (χ1n) is 9.33. The monoisotopic (exact) mass is 479 g/mol. The van der Waals surface area contributed by atoms with Crippen molar-refractivity contribution in [1.29, 1.82) is 0 Å². The summed E-state index contributed by atoms with van der Waals surface area (Å²) in [5.41, 5.74) is 0.105. The number of halogens is 2. The van der Waals surface area contributed by atoms with Crippen LogP contribution in [0.5, 0.6) is 17.2 Å². The van der Waals surface area contributed by atoms with E-state index in [0.29, 0.717) is 17.3 Å². The minimum Gasteiger partial charge on any atom is -0.497 e. The molecule has 0 radical (unpaired) electrons. The maximum Gasteiger partial charge on any atom is 0.387 e. The number of hydrogen-bond donors (Lipinski definition) is 2.